The van der Waals surface area contributed by atoms with E-state index in [4.69, 9.17) is 29.6 Å². The first-order valence-electron chi connectivity index (χ1n) is 19.3. The Morgan fingerprint density at radius 3 is 1.49 bits per heavy atom. The molecule has 6 aromatic heterocycles. The molecule has 0 saturated carbocycles. The third-order valence-corrected chi connectivity index (χ3v) is 10.8. The summed E-state index contributed by atoms with van der Waals surface area (Å²) in [5, 5.41) is 12.2. The van der Waals surface area contributed by atoms with Gasteiger partial charge in [0.05, 0.1) is 35.6 Å². The third kappa shape index (κ3) is 6.27. The summed E-state index contributed by atoms with van der Waals surface area (Å²) in [5.74, 6) is 1.66. The SMILES string of the molecule is c1ccc(-c2nn3c(c2-c2ccnc4cc(OCCCCCOc5ccc6c(-c7c(-c8ccccn8)nn8c7CCC8)ccnc6c5)ccc24)CCC3)nc1. The maximum Gasteiger partial charge on any atom is 0.121 e. The first-order chi connectivity index (χ1) is 27.3. The van der Waals surface area contributed by atoms with Gasteiger partial charge in [0.25, 0.3) is 0 Å². The van der Waals surface area contributed by atoms with Gasteiger partial charge in [-0.15, -0.1) is 0 Å². The van der Waals surface area contributed by atoms with Gasteiger partial charge in [0, 0.05) is 83.3 Å². The number of unbranched alkanes of at least 4 members (excludes halogenated alkanes) is 2. The van der Waals surface area contributed by atoms with Crippen LogP contribution in [0.5, 0.6) is 11.5 Å². The predicted octanol–water partition coefficient (Wildman–Crippen LogP) is 9.15. The fourth-order valence-corrected chi connectivity index (χ4v) is 8.23. The van der Waals surface area contributed by atoms with Gasteiger partial charge < -0.3 is 9.47 Å². The van der Waals surface area contributed by atoms with Crippen LogP contribution in [0, 0.1) is 0 Å². The summed E-state index contributed by atoms with van der Waals surface area (Å²) < 4.78 is 16.7. The van der Waals surface area contributed by atoms with E-state index in [9.17, 15) is 0 Å². The topological polar surface area (TPSA) is 106 Å². The smallest absolute Gasteiger partial charge is 0.121 e. The minimum absolute atomic E-state index is 0.633. The molecule has 10 heteroatoms. The molecule has 0 bridgehead atoms. The quantitative estimate of drug-likeness (QED) is 0.115. The number of ether oxygens (including phenoxy) is 2. The van der Waals surface area contributed by atoms with E-state index in [0.717, 1.165) is 136 Å². The second-order valence-electron chi connectivity index (χ2n) is 14.3. The van der Waals surface area contributed by atoms with Gasteiger partial charge in [0.15, 0.2) is 0 Å². The van der Waals surface area contributed by atoms with Crippen molar-refractivity contribution >= 4 is 21.8 Å². The van der Waals surface area contributed by atoms with Crippen LogP contribution < -0.4 is 9.47 Å². The molecule has 0 N–H and O–H groups in total. The highest BCUT2D eigenvalue weighted by atomic mass is 16.5. The zero-order valence-corrected chi connectivity index (χ0v) is 30.6. The number of fused-ring (bicyclic) bond motifs is 4. The molecule has 0 amide bonds. The zero-order valence-electron chi connectivity index (χ0n) is 30.6. The van der Waals surface area contributed by atoms with Crippen molar-refractivity contribution in [2.75, 3.05) is 13.2 Å². The minimum Gasteiger partial charge on any atom is -0.494 e. The first-order valence-corrected chi connectivity index (χ1v) is 19.3. The number of aromatic nitrogens is 8. The average Bonchev–Trinajstić information content (AvgIpc) is 4.03. The molecule has 0 unspecified atom stereocenters. The predicted molar refractivity (Wildman–Crippen MR) is 214 cm³/mol. The monoisotopic (exact) mass is 724 g/mol. The molecule has 8 aromatic rings. The molecule has 0 aliphatic carbocycles. The Morgan fingerprint density at radius 2 is 1.02 bits per heavy atom. The molecule has 2 aliphatic heterocycles. The zero-order chi connectivity index (χ0) is 36.6. The van der Waals surface area contributed by atoms with Gasteiger partial charge in [-0.05, 0) is 117 Å². The molecule has 8 heterocycles. The first kappa shape index (κ1) is 33.2. The molecule has 10 nitrogen and oxygen atoms in total. The van der Waals surface area contributed by atoms with Crippen molar-refractivity contribution in [2.24, 2.45) is 0 Å². The summed E-state index contributed by atoms with van der Waals surface area (Å²) in [6, 6.07) is 28.7. The summed E-state index contributed by atoms with van der Waals surface area (Å²) in [6.07, 6.45) is 14.5. The van der Waals surface area contributed by atoms with Gasteiger partial charge >= 0.3 is 0 Å². The van der Waals surface area contributed by atoms with Crippen molar-refractivity contribution in [1.29, 1.82) is 0 Å². The van der Waals surface area contributed by atoms with Gasteiger partial charge in [-0.1, -0.05) is 12.1 Å². The molecule has 0 spiro atoms. The van der Waals surface area contributed by atoms with Crippen molar-refractivity contribution in [1.82, 2.24) is 39.5 Å². The minimum atomic E-state index is 0.633. The number of benzene rings is 2. The van der Waals surface area contributed by atoms with Gasteiger partial charge in [0.1, 0.15) is 22.9 Å². The molecule has 55 heavy (non-hydrogen) atoms. The van der Waals surface area contributed by atoms with Crippen LogP contribution in [-0.2, 0) is 25.9 Å². The van der Waals surface area contributed by atoms with Gasteiger partial charge in [-0.25, -0.2) is 0 Å². The molecular formula is C45H40N8O2. The second-order valence-corrected chi connectivity index (χ2v) is 14.3. The van der Waals surface area contributed by atoms with Crippen LogP contribution >= 0.6 is 0 Å². The second kappa shape index (κ2) is 14.4. The van der Waals surface area contributed by atoms with E-state index in [1.165, 1.54) is 11.4 Å². The Hall–Kier alpha value is -6.42. The third-order valence-electron chi connectivity index (χ3n) is 10.8. The van der Waals surface area contributed by atoms with E-state index in [-0.39, 0.29) is 0 Å². The van der Waals surface area contributed by atoms with Gasteiger partial charge in [0.2, 0.25) is 0 Å². The van der Waals surface area contributed by atoms with Gasteiger partial charge in [-0.3, -0.25) is 29.3 Å². The van der Waals surface area contributed by atoms with Crippen LogP contribution in [0.2, 0.25) is 0 Å². The highest BCUT2D eigenvalue weighted by Crippen LogP contribution is 2.41. The number of pyridine rings is 4. The molecule has 0 radical (unpaired) electrons. The largest absolute Gasteiger partial charge is 0.494 e. The Bertz CT molecular complexity index is 2470. The lowest BCUT2D eigenvalue weighted by Gasteiger charge is -2.12. The molecule has 0 fully saturated rings. The Balaban J connectivity index is 0.769. The summed E-state index contributed by atoms with van der Waals surface area (Å²) in [4.78, 5) is 18.7. The summed E-state index contributed by atoms with van der Waals surface area (Å²) in [6.45, 7) is 3.14. The van der Waals surface area contributed by atoms with Crippen molar-refractivity contribution in [3.05, 3.63) is 121 Å². The van der Waals surface area contributed by atoms with Crippen LogP contribution in [0.3, 0.4) is 0 Å². The number of hydrogen-bond acceptors (Lipinski definition) is 8. The van der Waals surface area contributed by atoms with Crippen LogP contribution in [0.15, 0.2) is 110 Å². The lowest BCUT2D eigenvalue weighted by atomic mass is 9.96. The van der Waals surface area contributed by atoms with Crippen molar-refractivity contribution < 1.29 is 9.47 Å². The lowest BCUT2D eigenvalue weighted by molar-refractivity contribution is 0.280. The van der Waals surface area contributed by atoms with Gasteiger partial charge in [-0.2, -0.15) is 10.2 Å². The van der Waals surface area contributed by atoms with E-state index in [2.05, 4.69) is 55.7 Å². The molecule has 272 valence electrons. The normalized spacial score (nSPS) is 13.4. The molecule has 2 aromatic carbocycles. The molecule has 0 saturated heterocycles. The van der Waals surface area contributed by atoms with E-state index in [0.29, 0.717) is 13.2 Å². The standard InChI is InChI=1S/C45H40N8O2/c1(6-26-54-30-14-16-32-34(18-22-48-38(32)28-30)42-40-12-8-24-52(40)50-44(42)36-10-2-4-20-46-36)7-27-55-31-15-17-33-35(19-23-49-39(33)29-31)43-41-13-9-25-53(41)51-45(43)37-11-3-5-21-47-37/h2-5,10-11,14-23,28-29H,1,6-9,12-13,24-27H2. The summed E-state index contributed by atoms with van der Waals surface area (Å²) in [7, 11) is 0. The molecular weight excluding hydrogens is 685 g/mol. The van der Waals surface area contributed by atoms with Crippen LogP contribution in [0.4, 0.5) is 0 Å². The van der Waals surface area contributed by atoms with E-state index >= 15 is 0 Å². The fourth-order valence-electron chi connectivity index (χ4n) is 8.23. The Morgan fingerprint density at radius 1 is 0.509 bits per heavy atom. The summed E-state index contributed by atoms with van der Waals surface area (Å²) >= 11 is 0. The van der Waals surface area contributed by atoms with Crippen LogP contribution in [0.1, 0.15) is 43.5 Å². The van der Waals surface area contributed by atoms with Crippen molar-refractivity contribution in [2.45, 2.75) is 58.0 Å². The number of hydrogen-bond donors (Lipinski definition) is 0. The average molecular weight is 725 g/mol. The summed E-state index contributed by atoms with van der Waals surface area (Å²) in [5.41, 5.74) is 12.6. The number of aryl methyl sites for hydroxylation is 2. The fraction of sp³-hybridized carbons (Fsp3) is 0.244. The van der Waals surface area contributed by atoms with E-state index in [1.54, 1.807) is 0 Å². The highest BCUT2D eigenvalue weighted by Gasteiger charge is 2.27. The van der Waals surface area contributed by atoms with Crippen molar-refractivity contribution in [3.8, 4) is 56.5 Å². The van der Waals surface area contributed by atoms with Crippen molar-refractivity contribution in [3.63, 3.8) is 0 Å². The number of rotatable bonds is 12. The van der Waals surface area contributed by atoms with E-state index in [1.807, 2.05) is 73.3 Å². The Kier molecular flexibility index (Phi) is 8.70. The molecule has 2 aliphatic rings. The van der Waals surface area contributed by atoms with E-state index < -0.39 is 0 Å². The van der Waals surface area contributed by atoms with Crippen LogP contribution in [-0.4, -0.2) is 52.7 Å². The Labute approximate surface area is 318 Å². The maximum atomic E-state index is 6.21. The molecule has 0 atom stereocenters. The highest BCUT2D eigenvalue weighted by molar-refractivity contribution is 6.00. The maximum absolute atomic E-state index is 6.21. The number of nitrogens with zero attached hydrogens (tertiary/aromatic N) is 8. The lowest BCUT2D eigenvalue weighted by Crippen LogP contribution is -2.01. The van der Waals surface area contributed by atoms with Crippen LogP contribution in [0.25, 0.3) is 66.8 Å². The molecule has 10 rings (SSSR count).